The first-order valence-electron chi connectivity index (χ1n) is 10.5. The van der Waals surface area contributed by atoms with Crippen molar-refractivity contribution < 1.29 is 4.79 Å². The summed E-state index contributed by atoms with van der Waals surface area (Å²) in [5.41, 5.74) is 4.70. The number of fused-ring (bicyclic) bond motifs is 1. The Balaban J connectivity index is 1.48. The van der Waals surface area contributed by atoms with E-state index >= 15 is 0 Å². The van der Waals surface area contributed by atoms with E-state index < -0.39 is 0 Å². The van der Waals surface area contributed by atoms with Crippen LogP contribution in [0, 0.1) is 13.8 Å². The molecule has 0 aliphatic rings. The smallest absolute Gasteiger partial charge is 0.263 e. The minimum absolute atomic E-state index is 0.145. The molecule has 3 heterocycles. The van der Waals surface area contributed by atoms with Gasteiger partial charge in [-0.3, -0.25) is 14.7 Å². The van der Waals surface area contributed by atoms with E-state index in [1.807, 2.05) is 50.4 Å². The predicted octanol–water partition coefficient (Wildman–Crippen LogP) is 3.27. The summed E-state index contributed by atoms with van der Waals surface area (Å²) in [6, 6.07) is 11.7. The summed E-state index contributed by atoms with van der Waals surface area (Å²) in [4.78, 5) is 29.2. The van der Waals surface area contributed by atoms with E-state index in [2.05, 4.69) is 26.6 Å². The zero-order chi connectivity index (χ0) is 22.0. The van der Waals surface area contributed by atoms with Crippen molar-refractivity contribution in [1.29, 1.82) is 0 Å². The van der Waals surface area contributed by atoms with Crippen LogP contribution in [-0.4, -0.2) is 31.7 Å². The quantitative estimate of drug-likeness (QED) is 0.431. The third-order valence-electron chi connectivity index (χ3n) is 5.55. The van der Waals surface area contributed by atoms with E-state index in [1.54, 1.807) is 17.7 Å². The average Bonchev–Trinajstić information content (AvgIpc) is 3.33. The van der Waals surface area contributed by atoms with Gasteiger partial charge in [0.15, 0.2) is 0 Å². The maximum Gasteiger partial charge on any atom is 0.263 e. The van der Waals surface area contributed by atoms with Crippen molar-refractivity contribution in [3.63, 3.8) is 0 Å². The number of H-pyrrole nitrogens is 2. The predicted molar refractivity (Wildman–Crippen MR) is 121 cm³/mol. The Kier molecular flexibility index (Phi) is 5.75. The molecule has 1 unspecified atom stereocenters. The van der Waals surface area contributed by atoms with Crippen molar-refractivity contribution in [1.82, 2.24) is 25.1 Å². The van der Waals surface area contributed by atoms with Gasteiger partial charge in [-0.1, -0.05) is 18.2 Å². The Hall–Kier alpha value is -3.61. The molecule has 4 aromatic rings. The third kappa shape index (κ3) is 4.45. The summed E-state index contributed by atoms with van der Waals surface area (Å²) < 4.78 is 1.62. The van der Waals surface area contributed by atoms with Crippen LogP contribution in [0.25, 0.3) is 10.9 Å². The highest BCUT2D eigenvalue weighted by Gasteiger charge is 2.18. The van der Waals surface area contributed by atoms with E-state index in [4.69, 9.17) is 0 Å². The van der Waals surface area contributed by atoms with E-state index in [1.165, 1.54) is 0 Å². The zero-order valence-electron chi connectivity index (χ0n) is 18.0. The third-order valence-corrected chi connectivity index (χ3v) is 5.55. The lowest BCUT2D eigenvalue weighted by Crippen LogP contribution is -2.39. The zero-order valence-corrected chi connectivity index (χ0v) is 18.0. The topological polar surface area (TPSA) is 95.6 Å². The fraction of sp³-hybridized carbons (Fsp3) is 0.292. The first-order chi connectivity index (χ1) is 14.9. The lowest BCUT2D eigenvalue weighted by atomic mass is 10.1. The summed E-state index contributed by atoms with van der Waals surface area (Å²) in [6.07, 6.45) is 5.04. The first kappa shape index (κ1) is 20.7. The Morgan fingerprint density at radius 2 is 2.03 bits per heavy atom. The fourth-order valence-electron chi connectivity index (χ4n) is 3.94. The van der Waals surface area contributed by atoms with E-state index in [0.29, 0.717) is 24.9 Å². The van der Waals surface area contributed by atoms with Crippen molar-refractivity contribution >= 4 is 16.8 Å². The number of carbonyl (C=O) groups excluding carboxylic acids is 1. The summed E-state index contributed by atoms with van der Waals surface area (Å²) in [5.74, 6) is -0.344. The van der Waals surface area contributed by atoms with Crippen LogP contribution in [0.15, 0.2) is 53.6 Å². The summed E-state index contributed by atoms with van der Waals surface area (Å²) in [6.45, 7) is 6.15. The molecule has 0 bridgehead atoms. The second-order valence-electron chi connectivity index (χ2n) is 8.10. The largest absolute Gasteiger partial charge is 0.361 e. The Bertz CT molecular complexity index is 1280. The van der Waals surface area contributed by atoms with Crippen LogP contribution in [0.5, 0.6) is 0 Å². The van der Waals surface area contributed by atoms with E-state index in [9.17, 15) is 9.59 Å². The van der Waals surface area contributed by atoms with Gasteiger partial charge >= 0.3 is 0 Å². The highest BCUT2D eigenvalue weighted by molar-refractivity contribution is 5.95. The number of aromatic nitrogens is 4. The van der Waals surface area contributed by atoms with Crippen LogP contribution in [0.1, 0.15) is 39.8 Å². The maximum absolute atomic E-state index is 13.1. The van der Waals surface area contributed by atoms with Gasteiger partial charge in [-0.25, -0.2) is 0 Å². The minimum Gasteiger partial charge on any atom is -0.361 e. The second-order valence-corrected chi connectivity index (χ2v) is 8.10. The molecule has 1 aromatic carbocycles. The molecule has 31 heavy (non-hydrogen) atoms. The van der Waals surface area contributed by atoms with Gasteiger partial charge in [0, 0.05) is 48.0 Å². The maximum atomic E-state index is 13.1. The molecule has 1 atom stereocenters. The van der Waals surface area contributed by atoms with Crippen LogP contribution in [0.3, 0.4) is 0 Å². The summed E-state index contributed by atoms with van der Waals surface area (Å²) >= 11 is 0. The van der Waals surface area contributed by atoms with Gasteiger partial charge in [-0.2, -0.15) is 5.10 Å². The Morgan fingerprint density at radius 1 is 1.23 bits per heavy atom. The molecule has 7 nitrogen and oxygen atoms in total. The molecule has 3 aromatic heterocycles. The number of nitrogens with one attached hydrogen (secondary N) is 3. The number of nitrogens with zero attached hydrogens (tertiary/aromatic N) is 2. The summed E-state index contributed by atoms with van der Waals surface area (Å²) in [7, 11) is 0. The van der Waals surface area contributed by atoms with Gasteiger partial charge in [-0.15, -0.1) is 0 Å². The number of pyridine rings is 1. The van der Waals surface area contributed by atoms with Crippen LogP contribution in [0.4, 0.5) is 0 Å². The van der Waals surface area contributed by atoms with Crippen LogP contribution in [-0.2, 0) is 19.4 Å². The van der Waals surface area contributed by atoms with Gasteiger partial charge < -0.3 is 14.9 Å². The monoisotopic (exact) mass is 417 g/mol. The SMILES string of the molecule is Cc1cc(CC(C)NC(=O)c2c(C)ccn(CCc3c[nH]c4ccccc34)c2=O)n[nH]1. The molecule has 0 saturated carbocycles. The highest BCUT2D eigenvalue weighted by atomic mass is 16.2. The molecular weight excluding hydrogens is 390 g/mol. The van der Waals surface area contributed by atoms with E-state index in [-0.39, 0.29) is 23.1 Å². The molecule has 0 saturated heterocycles. The lowest BCUT2D eigenvalue weighted by molar-refractivity contribution is 0.0937. The van der Waals surface area contributed by atoms with Crippen LogP contribution < -0.4 is 10.9 Å². The number of carbonyl (C=O) groups is 1. The molecule has 0 spiro atoms. The number of aromatic amines is 2. The molecular formula is C24H27N5O2. The molecule has 0 aliphatic heterocycles. The van der Waals surface area contributed by atoms with Crippen molar-refractivity contribution in [3.05, 3.63) is 87.2 Å². The molecule has 1 amide bonds. The number of hydrogen-bond donors (Lipinski definition) is 3. The minimum atomic E-state index is -0.344. The number of rotatable bonds is 7. The Morgan fingerprint density at radius 3 is 2.81 bits per heavy atom. The van der Waals surface area contributed by atoms with Gasteiger partial charge in [0.2, 0.25) is 0 Å². The van der Waals surface area contributed by atoms with Crippen LogP contribution in [0.2, 0.25) is 0 Å². The average molecular weight is 418 g/mol. The lowest BCUT2D eigenvalue weighted by Gasteiger charge is -2.15. The molecule has 3 N–H and O–H groups in total. The van der Waals surface area contributed by atoms with Crippen molar-refractivity contribution in [2.45, 2.75) is 46.2 Å². The molecule has 0 radical (unpaired) electrons. The molecule has 0 aliphatic carbocycles. The molecule has 160 valence electrons. The van der Waals surface area contributed by atoms with Crippen LogP contribution >= 0.6 is 0 Å². The van der Waals surface area contributed by atoms with Crippen molar-refractivity contribution in [2.75, 3.05) is 0 Å². The second kappa shape index (κ2) is 8.63. The highest BCUT2D eigenvalue weighted by Crippen LogP contribution is 2.18. The van der Waals surface area contributed by atoms with Crippen molar-refractivity contribution in [3.8, 4) is 0 Å². The number of hydrogen-bond acceptors (Lipinski definition) is 3. The molecule has 0 fully saturated rings. The van der Waals surface area contributed by atoms with E-state index in [0.717, 1.165) is 27.9 Å². The first-order valence-corrected chi connectivity index (χ1v) is 10.5. The van der Waals surface area contributed by atoms with Gasteiger partial charge in [-0.05, 0) is 56.5 Å². The molecule has 4 rings (SSSR count). The van der Waals surface area contributed by atoms with Gasteiger partial charge in [0.25, 0.3) is 11.5 Å². The van der Waals surface area contributed by atoms with Gasteiger partial charge in [0.05, 0.1) is 5.69 Å². The number of benzene rings is 1. The Labute approximate surface area is 180 Å². The number of aryl methyl sites for hydroxylation is 4. The molecule has 7 heteroatoms. The normalized spacial score (nSPS) is 12.2. The van der Waals surface area contributed by atoms with Gasteiger partial charge in [0.1, 0.15) is 5.56 Å². The van der Waals surface area contributed by atoms with Crippen molar-refractivity contribution in [2.24, 2.45) is 0 Å². The summed E-state index contributed by atoms with van der Waals surface area (Å²) in [5, 5.41) is 11.2. The standard InChI is InChI=1S/C24H27N5O2/c1-15-8-10-29(11-9-18-14-25-21-7-5-4-6-20(18)21)24(31)22(15)23(30)26-16(2)12-19-13-17(3)27-28-19/h4-8,10,13-14,16,25H,9,11-12H2,1-3H3,(H,26,30)(H,27,28). The fourth-order valence-corrected chi connectivity index (χ4v) is 3.94. The number of amides is 1. The number of para-hydroxylation sites is 1.